The molecule has 2 aromatic carbocycles. The van der Waals surface area contributed by atoms with Crippen molar-refractivity contribution in [3.63, 3.8) is 0 Å². The van der Waals surface area contributed by atoms with E-state index in [1.165, 1.54) is 30.3 Å². The van der Waals surface area contributed by atoms with E-state index in [4.69, 9.17) is 9.88 Å². The van der Waals surface area contributed by atoms with Crippen molar-refractivity contribution in [2.75, 3.05) is 0 Å². The van der Waals surface area contributed by atoms with Crippen LogP contribution in [0.25, 0.3) is 0 Å². The molecule has 0 heterocycles. The Balaban J connectivity index is 2.24. The average Bonchev–Trinajstić information content (AvgIpc) is 2.52. The number of nitro benzene ring substituents is 1. The molecule has 0 bridgehead atoms. The van der Waals surface area contributed by atoms with Crippen molar-refractivity contribution in [1.29, 1.82) is 0 Å². The smallest absolute Gasteiger partial charge is 0.338 e. The van der Waals surface area contributed by atoms with Crippen LogP contribution in [0.3, 0.4) is 0 Å². The molecule has 0 aliphatic heterocycles. The molecule has 9 heteroatoms. The molecule has 24 heavy (non-hydrogen) atoms. The summed E-state index contributed by atoms with van der Waals surface area (Å²) in [4.78, 5) is 22.3. The molecule has 0 fully saturated rings. The molecule has 0 radical (unpaired) electrons. The van der Waals surface area contributed by atoms with E-state index in [2.05, 4.69) is 0 Å². The first-order chi connectivity index (χ1) is 11.2. The van der Waals surface area contributed by atoms with Crippen LogP contribution in [-0.2, 0) is 21.4 Å². The second kappa shape index (κ2) is 6.77. The summed E-state index contributed by atoms with van der Waals surface area (Å²) >= 11 is 0. The zero-order chi connectivity index (χ0) is 17.9. The van der Waals surface area contributed by atoms with Crippen molar-refractivity contribution < 1.29 is 22.9 Å². The molecule has 8 nitrogen and oxygen atoms in total. The standard InChI is InChI=1S/C15H14N2O6S/c1-10-6-7-12(24(16,21)22)8-13(10)15(18)23-9-11-4-2-3-5-14(11)17(19)20/h2-8H,9H2,1H3,(H2,16,21,22). The molecule has 126 valence electrons. The van der Waals surface area contributed by atoms with Gasteiger partial charge in [-0.1, -0.05) is 18.2 Å². The van der Waals surface area contributed by atoms with Crippen LogP contribution in [0.4, 0.5) is 5.69 Å². The third kappa shape index (κ3) is 3.94. The Bertz CT molecular complexity index is 908. The fourth-order valence-corrected chi connectivity index (χ4v) is 2.57. The number of carbonyl (C=O) groups excluding carboxylic acids is 1. The third-order valence-electron chi connectivity index (χ3n) is 3.30. The molecule has 0 saturated carbocycles. The Morgan fingerprint density at radius 1 is 1.25 bits per heavy atom. The summed E-state index contributed by atoms with van der Waals surface area (Å²) in [7, 11) is -3.96. The number of primary sulfonamides is 1. The number of sulfonamides is 1. The molecule has 0 aliphatic carbocycles. The van der Waals surface area contributed by atoms with Crippen LogP contribution in [0.2, 0.25) is 0 Å². The summed E-state index contributed by atoms with van der Waals surface area (Å²) in [6.07, 6.45) is 0. The summed E-state index contributed by atoms with van der Waals surface area (Å²) in [5.74, 6) is -0.795. The summed E-state index contributed by atoms with van der Waals surface area (Å²) < 4.78 is 27.8. The van der Waals surface area contributed by atoms with Gasteiger partial charge in [0.05, 0.1) is 20.9 Å². The van der Waals surface area contributed by atoms with Gasteiger partial charge in [0.15, 0.2) is 0 Å². The van der Waals surface area contributed by atoms with Gasteiger partial charge in [0, 0.05) is 6.07 Å². The number of rotatable bonds is 5. The van der Waals surface area contributed by atoms with E-state index in [1.807, 2.05) is 0 Å². The summed E-state index contributed by atoms with van der Waals surface area (Å²) in [6.45, 7) is 1.30. The van der Waals surface area contributed by atoms with Crippen molar-refractivity contribution in [1.82, 2.24) is 0 Å². The van der Waals surface area contributed by atoms with Crippen LogP contribution in [0.5, 0.6) is 0 Å². The molecule has 2 aromatic rings. The zero-order valence-electron chi connectivity index (χ0n) is 12.6. The van der Waals surface area contributed by atoms with Gasteiger partial charge in [0.2, 0.25) is 10.0 Å². The number of para-hydroxylation sites is 1. The average molecular weight is 350 g/mol. The van der Waals surface area contributed by atoms with Gasteiger partial charge in [-0.3, -0.25) is 10.1 Å². The first kappa shape index (κ1) is 17.6. The Morgan fingerprint density at radius 2 is 1.92 bits per heavy atom. The number of hydrogen-bond donors (Lipinski definition) is 1. The molecule has 0 spiro atoms. The molecule has 0 amide bonds. The van der Waals surface area contributed by atoms with Crippen LogP contribution in [0.15, 0.2) is 47.4 Å². The van der Waals surface area contributed by atoms with Crippen LogP contribution in [0.1, 0.15) is 21.5 Å². The Labute approximate surface area is 138 Å². The first-order valence-corrected chi connectivity index (χ1v) is 8.27. The van der Waals surface area contributed by atoms with Crippen LogP contribution < -0.4 is 5.14 Å². The monoisotopic (exact) mass is 350 g/mol. The number of ether oxygens (including phenoxy) is 1. The lowest BCUT2D eigenvalue weighted by Crippen LogP contribution is -2.14. The van der Waals surface area contributed by atoms with E-state index in [0.29, 0.717) is 5.56 Å². The van der Waals surface area contributed by atoms with Gasteiger partial charge in [0.1, 0.15) is 6.61 Å². The van der Waals surface area contributed by atoms with E-state index < -0.39 is 20.9 Å². The van der Waals surface area contributed by atoms with E-state index in [-0.39, 0.29) is 28.3 Å². The van der Waals surface area contributed by atoms with Gasteiger partial charge in [-0.05, 0) is 30.7 Å². The number of aryl methyl sites for hydroxylation is 1. The highest BCUT2D eigenvalue weighted by Gasteiger charge is 2.18. The normalized spacial score (nSPS) is 11.1. The van der Waals surface area contributed by atoms with Gasteiger partial charge in [0.25, 0.3) is 5.69 Å². The molecule has 0 aromatic heterocycles. The maximum atomic E-state index is 12.2. The van der Waals surface area contributed by atoms with E-state index >= 15 is 0 Å². The summed E-state index contributed by atoms with van der Waals surface area (Å²) in [5.41, 5.74) is 0.589. The summed E-state index contributed by atoms with van der Waals surface area (Å²) in [5, 5.41) is 16.0. The van der Waals surface area contributed by atoms with Crippen molar-refractivity contribution in [3.05, 3.63) is 69.3 Å². The lowest BCUT2D eigenvalue weighted by molar-refractivity contribution is -0.385. The van der Waals surface area contributed by atoms with Crippen LogP contribution in [0, 0.1) is 17.0 Å². The molecule has 2 rings (SSSR count). The predicted molar refractivity (Wildman–Crippen MR) is 84.8 cm³/mol. The van der Waals surface area contributed by atoms with E-state index in [9.17, 15) is 23.3 Å². The van der Waals surface area contributed by atoms with Gasteiger partial charge in [-0.2, -0.15) is 0 Å². The van der Waals surface area contributed by atoms with Gasteiger partial charge >= 0.3 is 5.97 Å². The van der Waals surface area contributed by atoms with Gasteiger partial charge in [-0.15, -0.1) is 0 Å². The van der Waals surface area contributed by atoms with Gasteiger partial charge < -0.3 is 4.74 Å². The maximum Gasteiger partial charge on any atom is 0.338 e. The van der Waals surface area contributed by atoms with Crippen molar-refractivity contribution in [2.45, 2.75) is 18.4 Å². The SMILES string of the molecule is Cc1ccc(S(N)(=O)=O)cc1C(=O)OCc1ccccc1[N+](=O)[O-]. The second-order valence-corrected chi connectivity index (χ2v) is 6.55. The Kier molecular flexibility index (Phi) is 4.96. The van der Waals surface area contributed by atoms with Crippen LogP contribution in [-0.4, -0.2) is 19.3 Å². The number of nitrogens with zero attached hydrogens (tertiary/aromatic N) is 1. The minimum absolute atomic E-state index is 0.0279. The molecule has 2 N–H and O–H groups in total. The third-order valence-corrected chi connectivity index (χ3v) is 4.22. The predicted octanol–water partition coefficient (Wildman–Crippen LogP) is 1.91. The molecule has 0 unspecified atom stereocenters. The molecule has 0 atom stereocenters. The topological polar surface area (TPSA) is 130 Å². The highest BCUT2D eigenvalue weighted by Crippen LogP contribution is 2.20. The summed E-state index contributed by atoms with van der Waals surface area (Å²) in [6, 6.07) is 9.69. The highest BCUT2D eigenvalue weighted by atomic mass is 32.2. The minimum atomic E-state index is -3.96. The number of esters is 1. The molecular weight excluding hydrogens is 336 g/mol. The molecule has 0 saturated heterocycles. The van der Waals surface area contributed by atoms with E-state index in [0.717, 1.165) is 6.07 Å². The molecule has 0 aliphatic rings. The molecular formula is C15H14N2O6S. The highest BCUT2D eigenvalue weighted by molar-refractivity contribution is 7.89. The van der Waals surface area contributed by atoms with Crippen molar-refractivity contribution >= 4 is 21.7 Å². The van der Waals surface area contributed by atoms with Crippen molar-refractivity contribution in [2.24, 2.45) is 5.14 Å². The lowest BCUT2D eigenvalue weighted by Gasteiger charge is -2.09. The number of nitrogens with two attached hydrogens (primary N) is 1. The lowest BCUT2D eigenvalue weighted by atomic mass is 10.1. The van der Waals surface area contributed by atoms with Crippen LogP contribution >= 0.6 is 0 Å². The van der Waals surface area contributed by atoms with Crippen molar-refractivity contribution in [3.8, 4) is 0 Å². The quantitative estimate of drug-likeness (QED) is 0.498. The van der Waals surface area contributed by atoms with Gasteiger partial charge in [-0.25, -0.2) is 18.4 Å². The van der Waals surface area contributed by atoms with E-state index in [1.54, 1.807) is 13.0 Å². The number of carbonyl (C=O) groups is 1. The fraction of sp³-hybridized carbons (Fsp3) is 0.133. The fourth-order valence-electron chi connectivity index (χ4n) is 2.03. The minimum Gasteiger partial charge on any atom is -0.457 e. The number of nitro groups is 1. The Hall–Kier alpha value is -2.78. The number of benzene rings is 2. The zero-order valence-corrected chi connectivity index (χ0v) is 13.4. The second-order valence-electron chi connectivity index (χ2n) is 4.98. The maximum absolute atomic E-state index is 12.2. The largest absolute Gasteiger partial charge is 0.457 e. The Morgan fingerprint density at radius 3 is 2.54 bits per heavy atom. The first-order valence-electron chi connectivity index (χ1n) is 6.73. The number of hydrogen-bond acceptors (Lipinski definition) is 6.